The van der Waals surface area contributed by atoms with Crippen LogP contribution in [0.5, 0.6) is 0 Å². The normalized spacial score (nSPS) is 23.6. The lowest BCUT2D eigenvalue weighted by Crippen LogP contribution is -2.44. The molecule has 3 nitrogen and oxygen atoms in total. The molecule has 0 spiro atoms. The molecule has 1 atom stereocenters. The molecule has 84 valence electrons. The highest BCUT2D eigenvalue weighted by molar-refractivity contribution is 7.07. The Kier molecular flexibility index (Phi) is 2.44. The first kappa shape index (κ1) is 9.90. The molecule has 3 rings (SSSR count). The zero-order valence-electron chi connectivity index (χ0n) is 9.00. The molecule has 3 heterocycles. The summed E-state index contributed by atoms with van der Waals surface area (Å²) < 4.78 is 1.35. The number of amides is 1. The van der Waals surface area contributed by atoms with E-state index in [1.165, 1.54) is 9.75 Å². The van der Waals surface area contributed by atoms with Crippen LogP contribution in [-0.4, -0.2) is 35.5 Å². The van der Waals surface area contributed by atoms with Crippen LogP contribution in [0, 0.1) is 0 Å². The van der Waals surface area contributed by atoms with Gasteiger partial charge in [0, 0.05) is 29.0 Å². The molecule has 0 aliphatic carbocycles. The molecule has 0 saturated carbocycles. The number of rotatable bonds is 2. The van der Waals surface area contributed by atoms with E-state index in [0.29, 0.717) is 0 Å². The van der Waals surface area contributed by atoms with Crippen LogP contribution >= 0.6 is 11.3 Å². The third-order valence-corrected chi connectivity index (χ3v) is 4.23. The fourth-order valence-corrected chi connectivity index (χ4v) is 3.27. The van der Waals surface area contributed by atoms with E-state index in [4.69, 9.17) is 0 Å². The summed E-state index contributed by atoms with van der Waals surface area (Å²) in [5.74, 6) is 0. The van der Waals surface area contributed by atoms with Crippen molar-refractivity contribution < 1.29 is 4.79 Å². The van der Waals surface area contributed by atoms with E-state index in [9.17, 15) is 4.79 Å². The Labute approximate surface area is 98.3 Å². The highest BCUT2D eigenvalue weighted by atomic mass is 32.1. The van der Waals surface area contributed by atoms with Crippen LogP contribution in [0.1, 0.15) is 12.8 Å². The minimum atomic E-state index is 0.266. The first-order chi connectivity index (χ1) is 7.88. The molecule has 2 aliphatic rings. The lowest BCUT2D eigenvalue weighted by atomic mass is 10.2. The number of nitrogens with zero attached hydrogens (tertiary/aromatic N) is 2. The van der Waals surface area contributed by atoms with E-state index >= 15 is 0 Å². The second-order valence-corrected chi connectivity index (χ2v) is 5.18. The van der Waals surface area contributed by atoms with Crippen molar-refractivity contribution in [2.75, 3.05) is 13.1 Å². The monoisotopic (exact) mass is 234 g/mol. The van der Waals surface area contributed by atoms with Crippen molar-refractivity contribution in [3.05, 3.63) is 21.2 Å². The minimum Gasteiger partial charge on any atom is -0.353 e. The van der Waals surface area contributed by atoms with Crippen LogP contribution < -0.4 is 9.75 Å². The summed E-state index contributed by atoms with van der Waals surface area (Å²) in [6.45, 7) is 1.82. The van der Waals surface area contributed by atoms with Gasteiger partial charge in [0.2, 0.25) is 6.41 Å². The molecule has 1 unspecified atom stereocenters. The lowest BCUT2D eigenvalue weighted by molar-refractivity contribution is -0.120. The SMILES string of the molecule is O=CN1CCCC1N1C=c2ccsc2=CC1. The van der Waals surface area contributed by atoms with Gasteiger partial charge in [0.25, 0.3) is 0 Å². The van der Waals surface area contributed by atoms with Crippen molar-refractivity contribution in [3.63, 3.8) is 0 Å². The topological polar surface area (TPSA) is 23.6 Å². The van der Waals surface area contributed by atoms with Crippen molar-refractivity contribution in [2.45, 2.75) is 19.0 Å². The van der Waals surface area contributed by atoms with Gasteiger partial charge in [-0.1, -0.05) is 0 Å². The van der Waals surface area contributed by atoms with Gasteiger partial charge in [-0.2, -0.15) is 0 Å². The summed E-state index contributed by atoms with van der Waals surface area (Å²) in [7, 11) is 0. The summed E-state index contributed by atoms with van der Waals surface area (Å²) in [4.78, 5) is 15.1. The Morgan fingerprint density at radius 2 is 2.44 bits per heavy atom. The van der Waals surface area contributed by atoms with Gasteiger partial charge in [-0.3, -0.25) is 4.79 Å². The molecule has 4 heteroatoms. The van der Waals surface area contributed by atoms with Crippen molar-refractivity contribution >= 4 is 30.0 Å². The van der Waals surface area contributed by atoms with E-state index < -0.39 is 0 Å². The van der Waals surface area contributed by atoms with Gasteiger partial charge in [-0.15, -0.1) is 11.3 Å². The number of thiophene rings is 1. The molecular formula is C12H14N2OS. The largest absolute Gasteiger partial charge is 0.353 e. The molecule has 1 saturated heterocycles. The van der Waals surface area contributed by atoms with Crippen molar-refractivity contribution in [1.29, 1.82) is 0 Å². The number of hydrogen-bond acceptors (Lipinski definition) is 3. The quantitative estimate of drug-likeness (QED) is 0.681. The van der Waals surface area contributed by atoms with E-state index in [-0.39, 0.29) is 6.17 Å². The lowest BCUT2D eigenvalue weighted by Gasteiger charge is -2.32. The molecule has 0 bridgehead atoms. The van der Waals surface area contributed by atoms with Gasteiger partial charge in [0.15, 0.2) is 0 Å². The Morgan fingerprint density at radius 3 is 3.31 bits per heavy atom. The third-order valence-electron chi connectivity index (χ3n) is 3.30. The molecule has 16 heavy (non-hydrogen) atoms. The van der Waals surface area contributed by atoms with Crippen LogP contribution in [0.15, 0.2) is 11.4 Å². The van der Waals surface area contributed by atoms with Crippen molar-refractivity contribution in [1.82, 2.24) is 9.80 Å². The van der Waals surface area contributed by atoms with Gasteiger partial charge < -0.3 is 9.80 Å². The first-order valence-corrected chi connectivity index (χ1v) is 6.49. The molecule has 0 radical (unpaired) electrons. The van der Waals surface area contributed by atoms with Crippen LogP contribution in [-0.2, 0) is 4.79 Å². The number of carbonyl (C=O) groups is 1. The zero-order chi connectivity index (χ0) is 11.0. The first-order valence-electron chi connectivity index (χ1n) is 5.61. The Hall–Kier alpha value is -1.29. The highest BCUT2D eigenvalue weighted by Crippen LogP contribution is 2.19. The molecule has 1 aromatic rings. The Balaban J connectivity index is 1.90. The minimum absolute atomic E-state index is 0.266. The maximum Gasteiger partial charge on any atom is 0.211 e. The fourth-order valence-electron chi connectivity index (χ4n) is 2.48. The highest BCUT2D eigenvalue weighted by Gasteiger charge is 2.27. The van der Waals surface area contributed by atoms with Gasteiger partial charge in [-0.05, 0) is 30.4 Å². The van der Waals surface area contributed by atoms with Crippen LogP contribution in [0.4, 0.5) is 0 Å². The fraction of sp³-hybridized carbons (Fsp3) is 0.417. The predicted molar refractivity (Wildman–Crippen MR) is 65.0 cm³/mol. The third kappa shape index (κ3) is 1.53. The summed E-state index contributed by atoms with van der Waals surface area (Å²) >= 11 is 1.78. The smallest absolute Gasteiger partial charge is 0.211 e. The summed E-state index contributed by atoms with van der Waals surface area (Å²) in [5.41, 5.74) is 0. The van der Waals surface area contributed by atoms with Crippen molar-refractivity contribution in [3.8, 4) is 0 Å². The second kappa shape index (κ2) is 3.94. The van der Waals surface area contributed by atoms with Crippen LogP contribution in [0.25, 0.3) is 12.3 Å². The molecular weight excluding hydrogens is 220 g/mol. The number of fused-ring (bicyclic) bond motifs is 1. The molecule has 1 fully saturated rings. The predicted octanol–water partition coefficient (Wildman–Crippen LogP) is 0.160. The average molecular weight is 234 g/mol. The van der Waals surface area contributed by atoms with E-state index in [2.05, 4.69) is 28.6 Å². The standard InChI is InChI=1S/C12H14N2OS/c15-9-14-5-1-2-12(14)13-6-3-11-10(8-13)4-7-16-11/h3-4,7-9,12H,1-2,5-6H2. The van der Waals surface area contributed by atoms with Crippen molar-refractivity contribution in [2.24, 2.45) is 0 Å². The van der Waals surface area contributed by atoms with Gasteiger partial charge in [0.05, 0.1) is 0 Å². The van der Waals surface area contributed by atoms with Gasteiger partial charge in [0.1, 0.15) is 6.17 Å². The van der Waals surface area contributed by atoms with Crippen LogP contribution in [0.2, 0.25) is 0 Å². The number of likely N-dealkylation sites (tertiary alicyclic amines) is 1. The maximum absolute atomic E-state index is 10.9. The average Bonchev–Trinajstić information content (AvgIpc) is 2.96. The Bertz CT molecular complexity index is 507. The molecule has 0 N–H and O–H groups in total. The second-order valence-electron chi connectivity index (χ2n) is 4.24. The van der Waals surface area contributed by atoms with E-state index in [1.807, 2.05) is 4.90 Å². The van der Waals surface area contributed by atoms with Gasteiger partial charge >= 0.3 is 0 Å². The summed E-state index contributed by atoms with van der Waals surface area (Å²) in [6, 6.07) is 2.14. The molecule has 1 amide bonds. The molecule has 1 aromatic heterocycles. The summed E-state index contributed by atoms with van der Waals surface area (Å²) in [5, 5.41) is 3.40. The number of hydrogen-bond donors (Lipinski definition) is 0. The van der Waals surface area contributed by atoms with Crippen LogP contribution in [0.3, 0.4) is 0 Å². The maximum atomic E-state index is 10.9. The molecule has 2 aliphatic heterocycles. The van der Waals surface area contributed by atoms with E-state index in [0.717, 1.165) is 32.3 Å². The number of carbonyl (C=O) groups excluding carboxylic acids is 1. The van der Waals surface area contributed by atoms with E-state index in [1.54, 1.807) is 11.3 Å². The Morgan fingerprint density at radius 1 is 1.50 bits per heavy atom. The summed E-state index contributed by atoms with van der Waals surface area (Å²) in [6.07, 6.45) is 7.89. The molecule has 0 aromatic carbocycles. The zero-order valence-corrected chi connectivity index (χ0v) is 9.82. The van der Waals surface area contributed by atoms with Gasteiger partial charge in [-0.25, -0.2) is 0 Å².